The van der Waals surface area contributed by atoms with E-state index in [9.17, 15) is 4.79 Å². The molecule has 1 saturated heterocycles. The normalized spacial score (nSPS) is 18.3. The Hall–Kier alpha value is -1.32. The number of oxazole rings is 1. The molecule has 1 aliphatic rings. The molecule has 148 valence electrons. The quantitative estimate of drug-likeness (QED) is 0.310. The summed E-state index contributed by atoms with van der Waals surface area (Å²) in [6, 6.07) is 0. The minimum Gasteiger partial charge on any atom is -0.466 e. The number of rotatable bonds is 4. The number of hydrogen-bond donors (Lipinski definition) is 1. The molecule has 1 aromatic heterocycles. The molecule has 0 radical (unpaired) electrons. The molecule has 1 unspecified atom stereocenters. The van der Waals surface area contributed by atoms with Crippen molar-refractivity contribution >= 4 is 35.9 Å². The number of aromatic nitrogens is 1. The van der Waals surface area contributed by atoms with Crippen LogP contribution in [-0.4, -0.2) is 48.6 Å². The third-order valence-corrected chi connectivity index (χ3v) is 4.24. The van der Waals surface area contributed by atoms with E-state index in [1.807, 2.05) is 6.92 Å². The Morgan fingerprint density at radius 2 is 2.23 bits per heavy atom. The molecule has 0 aromatic carbocycles. The maximum absolute atomic E-state index is 12.0. The van der Waals surface area contributed by atoms with Gasteiger partial charge in [0.1, 0.15) is 5.76 Å². The number of carbonyl (C=O) groups is 1. The van der Waals surface area contributed by atoms with Gasteiger partial charge in [-0.25, -0.2) is 4.98 Å². The van der Waals surface area contributed by atoms with Gasteiger partial charge in [-0.05, 0) is 19.8 Å². The van der Waals surface area contributed by atoms with Crippen molar-refractivity contribution < 1.29 is 13.9 Å². The molecule has 1 aliphatic heterocycles. The van der Waals surface area contributed by atoms with Crippen molar-refractivity contribution in [1.82, 2.24) is 15.2 Å². The molecule has 0 aliphatic carbocycles. The summed E-state index contributed by atoms with van der Waals surface area (Å²) in [6.45, 7) is 10.5. The van der Waals surface area contributed by atoms with E-state index in [2.05, 4.69) is 41.0 Å². The number of nitrogens with zero attached hydrogens (tertiary/aromatic N) is 3. The van der Waals surface area contributed by atoms with Gasteiger partial charge >= 0.3 is 5.97 Å². The first-order valence-corrected chi connectivity index (χ1v) is 8.92. The number of guanidine groups is 1. The van der Waals surface area contributed by atoms with Crippen LogP contribution in [0.25, 0.3) is 0 Å². The zero-order chi connectivity index (χ0) is 18.4. The second-order valence-corrected chi connectivity index (χ2v) is 7.31. The molecule has 26 heavy (non-hydrogen) atoms. The highest BCUT2D eigenvalue weighted by Gasteiger charge is 2.28. The molecular formula is C18H31IN4O3. The van der Waals surface area contributed by atoms with E-state index in [1.54, 1.807) is 13.2 Å². The highest BCUT2D eigenvalue weighted by molar-refractivity contribution is 14.0. The fourth-order valence-corrected chi connectivity index (χ4v) is 2.85. The van der Waals surface area contributed by atoms with E-state index in [4.69, 9.17) is 9.15 Å². The topological polar surface area (TPSA) is 80.0 Å². The number of piperidine rings is 1. The van der Waals surface area contributed by atoms with E-state index in [0.29, 0.717) is 25.6 Å². The third-order valence-electron chi connectivity index (χ3n) is 4.24. The van der Waals surface area contributed by atoms with Gasteiger partial charge in [-0.3, -0.25) is 9.79 Å². The van der Waals surface area contributed by atoms with Crippen molar-refractivity contribution in [2.75, 3.05) is 26.7 Å². The average molecular weight is 478 g/mol. The number of esters is 1. The van der Waals surface area contributed by atoms with Crippen LogP contribution < -0.4 is 5.32 Å². The van der Waals surface area contributed by atoms with Gasteiger partial charge in [0.2, 0.25) is 5.89 Å². The largest absolute Gasteiger partial charge is 0.466 e. The molecule has 2 rings (SSSR count). The van der Waals surface area contributed by atoms with E-state index >= 15 is 0 Å². The second kappa shape index (κ2) is 10.1. The van der Waals surface area contributed by atoms with Crippen LogP contribution in [0.5, 0.6) is 0 Å². The molecule has 1 atom stereocenters. The predicted octanol–water partition coefficient (Wildman–Crippen LogP) is 2.94. The first kappa shape index (κ1) is 22.7. The Labute approximate surface area is 173 Å². The number of likely N-dealkylation sites (tertiary alicyclic amines) is 1. The summed E-state index contributed by atoms with van der Waals surface area (Å²) in [5, 5.41) is 3.28. The molecule has 0 saturated carbocycles. The van der Waals surface area contributed by atoms with Crippen LogP contribution in [0.4, 0.5) is 0 Å². The Morgan fingerprint density at radius 3 is 2.81 bits per heavy atom. The van der Waals surface area contributed by atoms with Crippen molar-refractivity contribution in [2.24, 2.45) is 10.9 Å². The maximum atomic E-state index is 12.0. The lowest BCUT2D eigenvalue weighted by atomic mass is 9.94. The smallest absolute Gasteiger partial charge is 0.310 e. The highest BCUT2D eigenvalue weighted by atomic mass is 127. The zero-order valence-electron chi connectivity index (χ0n) is 16.4. The van der Waals surface area contributed by atoms with Gasteiger partial charge < -0.3 is 19.4 Å². The van der Waals surface area contributed by atoms with Crippen molar-refractivity contribution in [3.8, 4) is 0 Å². The molecule has 8 heteroatoms. The molecule has 0 spiro atoms. The van der Waals surface area contributed by atoms with E-state index in [0.717, 1.165) is 31.1 Å². The molecule has 1 N–H and O–H groups in total. The SMILES string of the molecule is CCOC(=O)C1CCCN(C(=NC)NCc2ncc(C(C)(C)C)o2)C1.I. The maximum Gasteiger partial charge on any atom is 0.310 e. The van der Waals surface area contributed by atoms with Crippen molar-refractivity contribution in [3.63, 3.8) is 0 Å². The van der Waals surface area contributed by atoms with Gasteiger partial charge in [0.15, 0.2) is 5.96 Å². The summed E-state index contributed by atoms with van der Waals surface area (Å²) < 4.78 is 11.0. The Morgan fingerprint density at radius 1 is 1.50 bits per heavy atom. The van der Waals surface area contributed by atoms with Crippen LogP contribution in [0.1, 0.15) is 52.2 Å². The number of ether oxygens (including phenoxy) is 1. The van der Waals surface area contributed by atoms with Gasteiger partial charge in [0, 0.05) is 25.6 Å². The highest BCUT2D eigenvalue weighted by Crippen LogP contribution is 2.22. The summed E-state index contributed by atoms with van der Waals surface area (Å²) in [5.74, 6) is 2.03. The van der Waals surface area contributed by atoms with Gasteiger partial charge in [-0.15, -0.1) is 24.0 Å². The van der Waals surface area contributed by atoms with E-state index in [1.165, 1.54) is 0 Å². The van der Waals surface area contributed by atoms with Gasteiger partial charge in [-0.1, -0.05) is 20.8 Å². The van der Waals surface area contributed by atoms with E-state index < -0.39 is 0 Å². The summed E-state index contributed by atoms with van der Waals surface area (Å²) in [6.07, 6.45) is 3.58. The lowest BCUT2D eigenvalue weighted by molar-refractivity contribution is -0.149. The van der Waals surface area contributed by atoms with E-state index in [-0.39, 0.29) is 41.3 Å². The fourth-order valence-electron chi connectivity index (χ4n) is 2.85. The minimum atomic E-state index is -0.120. The Balaban J connectivity index is 0.00000338. The van der Waals surface area contributed by atoms with Crippen LogP contribution in [0.15, 0.2) is 15.6 Å². The fraction of sp³-hybridized carbons (Fsp3) is 0.722. The minimum absolute atomic E-state index is 0. The van der Waals surface area contributed by atoms with Crippen LogP contribution in [0.2, 0.25) is 0 Å². The summed E-state index contributed by atoms with van der Waals surface area (Å²) in [4.78, 5) is 22.7. The Bertz CT molecular complexity index is 610. The molecule has 0 bridgehead atoms. The number of halogens is 1. The molecule has 1 fully saturated rings. The first-order chi connectivity index (χ1) is 11.8. The lowest BCUT2D eigenvalue weighted by Gasteiger charge is -2.33. The molecular weight excluding hydrogens is 447 g/mol. The van der Waals surface area contributed by atoms with Crippen LogP contribution in [0, 0.1) is 5.92 Å². The van der Waals surface area contributed by atoms with Crippen LogP contribution >= 0.6 is 24.0 Å². The monoisotopic (exact) mass is 478 g/mol. The third kappa shape index (κ3) is 6.14. The second-order valence-electron chi connectivity index (χ2n) is 7.31. The van der Waals surface area contributed by atoms with Gasteiger partial charge in [0.05, 0.1) is 25.3 Å². The molecule has 1 aromatic rings. The zero-order valence-corrected chi connectivity index (χ0v) is 18.7. The average Bonchev–Trinajstić information content (AvgIpc) is 3.05. The van der Waals surface area contributed by atoms with Crippen molar-refractivity contribution in [3.05, 3.63) is 17.8 Å². The van der Waals surface area contributed by atoms with Crippen LogP contribution in [0.3, 0.4) is 0 Å². The number of carbonyl (C=O) groups excluding carboxylic acids is 1. The van der Waals surface area contributed by atoms with Gasteiger partial charge in [-0.2, -0.15) is 0 Å². The first-order valence-electron chi connectivity index (χ1n) is 8.92. The molecule has 7 nitrogen and oxygen atoms in total. The van der Waals surface area contributed by atoms with Crippen molar-refractivity contribution in [2.45, 2.75) is 52.5 Å². The number of nitrogens with one attached hydrogen (secondary N) is 1. The number of hydrogen-bond acceptors (Lipinski definition) is 5. The van der Waals surface area contributed by atoms with Crippen LogP contribution in [-0.2, 0) is 21.5 Å². The van der Waals surface area contributed by atoms with Gasteiger partial charge in [0.25, 0.3) is 0 Å². The Kier molecular flexibility index (Phi) is 8.85. The molecule has 0 amide bonds. The van der Waals surface area contributed by atoms with Crippen molar-refractivity contribution in [1.29, 1.82) is 0 Å². The summed E-state index contributed by atoms with van der Waals surface area (Å²) in [7, 11) is 1.74. The number of aliphatic imine (C=N–C) groups is 1. The summed E-state index contributed by atoms with van der Waals surface area (Å²) >= 11 is 0. The standard InChI is InChI=1S/C18H30N4O3.HI/c1-6-24-16(23)13-8-7-9-22(12-13)17(19-5)21-11-15-20-10-14(25-15)18(2,3)4;/h10,13H,6-9,11-12H2,1-5H3,(H,19,21);1H. The predicted molar refractivity (Wildman–Crippen MR) is 112 cm³/mol. The summed E-state index contributed by atoms with van der Waals surface area (Å²) in [5.41, 5.74) is -0.0628. The molecule has 2 heterocycles. The lowest BCUT2D eigenvalue weighted by Crippen LogP contribution is -2.48.